The van der Waals surface area contributed by atoms with Gasteiger partial charge in [-0.25, -0.2) is 4.68 Å². The fraction of sp³-hybridized carbons (Fsp3) is 0.200. The minimum atomic E-state index is -0.112. The van der Waals surface area contributed by atoms with Crippen LogP contribution in [0.3, 0.4) is 0 Å². The molecule has 1 amide bonds. The van der Waals surface area contributed by atoms with Crippen LogP contribution in [-0.4, -0.2) is 35.7 Å². The molecule has 8 heteroatoms. The van der Waals surface area contributed by atoms with Gasteiger partial charge in [-0.1, -0.05) is 23.7 Å². The lowest BCUT2D eigenvalue weighted by atomic mass is 10.2. The molecule has 28 heavy (non-hydrogen) atoms. The quantitative estimate of drug-likeness (QED) is 0.552. The van der Waals surface area contributed by atoms with Crippen molar-refractivity contribution in [2.45, 2.75) is 11.4 Å². The summed E-state index contributed by atoms with van der Waals surface area (Å²) in [5, 5.41) is 7.88. The largest absolute Gasteiger partial charge is 0.493 e. The molecule has 0 atom stereocenters. The van der Waals surface area contributed by atoms with E-state index in [1.807, 2.05) is 30.3 Å². The third-order valence-corrected chi connectivity index (χ3v) is 5.24. The molecule has 0 saturated heterocycles. The number of amides is 1. The minimum absolute atomic E-state index is 0.112. The Balaban J connectivity index is 1.65. The van der Waals surface area contributed by atoms with Crippen LogP contribution in [0.4, 0.5) is 5.82 Å². The second-order valence-electron chi connectivity index (χ2n) is 5.82. The zero-order valence-corrected chi connectivity index (χ0v) is 17.1. The van der Waals surface area contributed by atoms with E-state index >= 15 is 0 Å². The minimum Gasteiger partial charge on any atom is -0.493 e. The number of carbonyl (C=O) groups excluding carboxylic acids is 1. The van der Waals surface area contributed by atoms with Gasteiger partial charge in [-0.15, -0.1) is 11.8 Å². The van der Waals surface area contributed by atoms with Gasteiger partial charge in [-0.3, -0.25) is 4.79 Å². The Morgan fingerprint density at radius 3 is 2.64 bits per heavy atom. The summed E-state index contributed by atoms with van der Waals surface area (Å²) in [6, 6.07) is 14.8. The van der Waals surface area contributed by atoms with Crippen LogP contribution in [0.15, 0.2) is 59.6 Å². The number of nitrogens with one attached hydrogen (secondary N) is 1. The number of thioether (sulfide) groups is 1. The molecule has 0 fully saturated rings. The van der Waals surface area contributed by atoms with E-state index in [1.54, 1.807) is 43.3 Å². The molecule has 0 aliphatic heterocycles. The Hall–Kier alpha value is -2.64. The van der Waals surface area contributed by atoms with Crippen LogP contribution in [0.5, 0.6) is 11.5 Å². The van der Waals surface area contributed by atoms with Gasteiger partial charge in [-0.2, -0.15) is 5.10 Å². The van der Waals surface area contributed by atoms with Crippen molar-refractivity contribution >= 4 is 35.1 Å². The Kier molecular flexibility index (Phi) is 6.84. The van der Waals surface area contributed by atoms with E-state index in [-0.39, 0.29) is 11.7 Å². The van der Waals surface area contributed by atoms with Gasteiger partial charge in [0, 0.05) is 21.5 Å². The number of para-hydroxylation sites is 1. The summed E-state index contributed by atoms with van der Waals surface area (Å²) in [7, 11) is 3.20. The predicted octanol–water partition coefficient (Wildman–Crippen LogP) is 4.33. The molecule has 2 aromatic carbocycles. The number of aromatic nitrogens is 2. The highest BCUT2D eigenvalue weighted by molar-refractivity contribution is 8.00. The van der Waals surface area contributed by atoms with Gasteiger partial charge in [0.15, 0.2) is 11.5 Å². The van der Waals surface area contributed by atoms with Crippen LogP contribution in [0, 0.1) is 0 Å². The van der Waals surface area contributed by atoms with Gasteiger partial charge in [0.25, 0.3) is 0 Å². The molecule has 146 valence electrons. The standard InChI is InChI=1S/C20H20ClN3O3S/c1-26-17-5-3-4-14(20(17)27-2)12-24-18(10-11-22-24)23-19(25)13-28-16-8-6-15(21)7-9-16/h3-11H,12-13H2,1-2H3,(H,23,25). The molecule has 0 unspecified atom stereocenters. The van der Waals surface area contributed by atoms with Gasteiger partial charge >= 0.3 is 0 Å². The summed E-state index contributed by atoms with van der Waals surface area (Å²) in [6.45, 7) is 0.438. The number of carbonyl (C=O) groups is 1. The topological polar surface area (TPSA) is 65.4 Å². The summed E-state index contributed by atoms with van der Waals surface area (Å²) in [4.78, 5) is 13.3. The van der Waals surface area contributed by atoms with E-state index in [0.29, 0.717) is 28.9 Å². The average molecular weight is 418 g/mol. The molecule has 6 nitrogen and oxygen atoms in total. The molecule has 0 bridgehead atoms. The maximum atomic E-state index is 12.3. The summed E-state index contributed by atoms with van der Waals surface area (Å²) in [5.74, 6) is 2.09. The number of halogens is 1. The first-order valence-corrected chi connectivity index (χ1v) is 9.87. The zero-order valence-electron chi connectivity index (χ0n) is 15.5. The number of hydrogen-bond acceptors (Lipinski definition) is 5. The van der Waals surface area contributed by atoms with Gasteiger partial charge in [0.2, 0.25) is 5.91 Å². The first-order chi connectivity index (χ1) is 13.6. The zero-order chi connectivity index (χ0) is 19.9. The van der Waals surface area contributed by atoms with E-state index in [9.17, 15) is 4.79 Å². The highest BCUT2D eigenvalue weighted by Gasteiger charge is 2.13. The van der Waals surface area contributed by atoms with Crippen LogP contribution in [-0.2, 0) is 11.3 Å². The van der Waals surface area contributed by atoms with Crippen LogP contribution in [0.1, 0.15) is 5.56 Å². The highest BCUT2D eigenvalue weighted by Crippen LogP contribution is 2.31. The van der Waals surface area contributed by atoms with Crippen LogP contribution in [0.2, 0.25) is 5.02 Å². The molecule has 0 radical (unpaired) electrons. The van der Waals surface area contributed by atoms with Crippen molar-refractivity contribution in [3.63, 3.8) is 0 Å². The van der Waals surface area contributed by atoms with Gasteiger partial charge in [0.1, 0.15) is 5.82 Å². The van der Waals surface area contributed by atoms with Crippen molar-refractivity contribution in [2.24, 2.45) is 0 Å². The third-order valence-electron chi connectivity index (χ3n) is 3.97. The third kappa shape index (κ3) is 4.99. The molecular weight excluding hydrogens is 398 g/mol. The fourth-order valence-electron chi connectivity index (χ4n) is 2.66. The van der Waals surface area contributed by atoms with E-state index in [0.717, 1.165) is 10.5 Å². The van der Waals surface area contributed by atoms with E-state index in [2.05, 4.69) is 10.4 Å². The average Bonchev–Trinajstić information content (AvgIpc) is 3.13. The molecule has 1 aromatic heterocycles. The first-order valence-electron chi connectivity index (χ1n) is 8.50. The molecule has 1 heterocycles. The molecule has 1 N–H and O–H groups in total. The number of rotatable bonds is 8. The predicted molar refractivity (Wildman–Crippen MR) is 112 cm³/mol. The second kappa shape index (κ2) is 9.52. The van der Waals surface area contributed by atoms with Gasteiger partial charge < -0.3 is 14.8 Å². The van der Waals surface area contributed by atoms with Crippen LogP contribution < -0.4 is 14.8 Å². The smallest absolute Gasteiger partial charge is 0.235 e. The first kappa shape index (κ1) is 20.1. The number of ether oxygens (including phenoxy) is 2. The molecular formula is C20H20ClN3O3S. The van der Waals surface area contributed by atoms with Crippen molar-refractivity contribution in [2.75, 3.05) is 25.3 Å². The lowest BCUT2D eigenvalue weighted by Gasteiger charge is -2.14. The lowest BCUT2D eigenvalue weighted by Crippen LogP contribution is -2.18. The Morgan fingerprint density at radius 1 is 1.14 bits per heavy atom. The number of methoxy groups -OCH3 is 2. The Bertz CT molecular complexity index is 944. The summed E-state index contributed by atoms with van der Waals surface area (Å²) in [6.07, 6.45) is 1.65. The number of hydrogen-bond donors (Lipinski definition) is 1. The van der Waals surface area contributed by atoms with Crippen molar-refractivity contribution in [3.05, 3.63) is 65.3 Å². The lowest BCUT2D eigenvalue weighted by molar-refractivity contribution is -0.113. The maximum absolute atomic E-state index is 12.3. The van der Waals surface area contributed by atoms with Crippen molar-refractivity contribution in [1.29, 1.82) is 0 Å². The molecule has 3 aromatic rings. The van der Waals surface area contributed by atoms with Crippen molar-refractivity contribution < 1.29 is 14.3 Å². The molecule has 0 spiro atoms. The van der Waals surface area contributed by atoms with Crippen LogP contribution in [0.25, 0.3) is 0 Å². The number of anilines is 1. The maximum Gasteiger partial charge on any atom is 0.235 e. The SMILES string of the molecule is COc1cccc(Cn2nccc2NC(=O)CSc2ccc(Cl)cc2)c1OC. The number of nitrogens with zero attached hydrogens (tertiary/aromatic N) is 2. The van der Waals surface area contributed by atoms with Crippen LogP contribution >= 0.6 is 23.4 Å². The van der Waals surface area contributed by atoms with Crippen molar-refractivity contribution in [1.82, 2.24) is 9.78 Å². The molecule has 0 aliphatic carbocycles. The van der Waals surface area contributed by atoms with Crippen molar-refractivity contribution in [3.8, 4) is 11.5 Å². The van der Waals surface area contributed by atoms with Gasteiger partial charge in [-0.05, 0) is 30.3 Å². The number of benzene rings is 2. The van der Waals surface area contributed by atoms with Gasteiger partial charge in [0.05, 0.1) is 32.7 Å². The summed E-state index contributed by atoms with van der Waals surface area (Å²) >= 11 is 7.32. The molecule has 0 saturated carbocycles. The van der Waals surface area contributed by atoms with E-state index in [1.165, 1.54) is 11.8 Å². The molecule has 0 aliphatic rings. The Morgan fingerprint density at radius 2 is 1.93 bits per heavy atom. The van der Waals surface area contributed by atoms with E-state index < -0.39 is 0 Å². The monoisotopic (exact) mass is 417 g/mol. The normalized spacial score (nSPS) is 10.5. The summed E-state index contributed by atoms with van der Waals surface area (Å²) in [5.41, 5.74) is 0.900. The molecule has 3 rings (SSSR count). The van der Waals surface area contributed by atoms with E-state index in [4.69, 9.17) is 21.1 Å². The summed E-state index contributed by atoms with van der Waals surface area (Å²) < 4.78 is 12.5. The second-order valence-corrected chi connectivity index (χ2v) is 7.30. The Labute approximate surface area is 172 Å². The highest BCUT2D eigenvalue weighted by atomic mass is 35.5. The fourth-order valence-corrected chi connectivity index (χ4v) is 3.49.